The molecule has 1 aliphatic carbocycles. The van der Waals surface area contributed by atoms with Gasteiger partial charge < -0.3 is 0 Å². The van der Waals surface area contributed by atoms with Crippen LogP contribution in [0.1, 0.15) is 24.3 Å². The number of halogens is 1. The molecule has 4 nitrogen and oxygen atoms in total. The van der Waals surface area contributed by atoms with E-state index >= 15 is 0 Å². The lowest BCUT2D eigenvalue weighted by atomic mass is 9.69. The summed E-state index contributed by atoms with van der Waals surface area (Å²) in [5.41, 5.74) is -0.605. The number of nitrogens with one attached hydrogen (secondary N) is 1. The van der Waals surface area contributed by atoms with Gasteiger partial charge in [-0.05, 0) is 36.6 Å². The van der Waals surface area contributed by atoms with E-state index in [0.717, 1.165) is 23.3 Å². The third-order valence-electron chi connectivity index (χ3n) is 5.63. The van der Waals surface area contributed by atoms with Crippen molar-refractivity contribution in [2.75, 3.05) is 0 Å². The monoisotopic (exact) mass is 350 g/mol. The minimum Gasteiger partial charge on any atom is -0.293 e. The molecule has 25 heavy (non-hydrogen) atoms. The molecular weight excluding hydrogens is 334 g/mol. The molecule has 1 saturated heterocycles. The number of ketones is 1. The van der Waals surface area contributed by atoms with Crippen molar-refractivity contribution in [3.63, 3.8) is 0 Å². The number of fused-ring (bicyclic) bond motifs is 1. The largest absolute Gasteiger partial charge is 0.293 e. The number of hydrogen-bond acceptors (Lipinski definition) is 3. The number of nitrogens with zero attached hydrogens (tertiary/aromatic N) is 2. The topological polar surface area (TPSA) is 69.1 Å². The van der Waals surface area contributed by atoms with E-state index in [-0.39, 0.29) is 17.7 Å². The highest BCUT2D eigenvalue weighted by Crippen LogP contribution is 2.48. The standard InChI is InChI=1S/C20H16ClN3O/c21-15-6-2-1-5-14(15)17-18(19(25)13-8-9-13)24-10-4-3-7-16(24)20(17,11-22)12-23/h1-7,10,13,16-18H,8-9H2/p+1/t16-,17+,18-/m1/s1. The molecule has 0 aromatic heterocycles. The minimum atomic E-state index is -1.32. The highest BCUT2D eigenvalue weighted by molar-refractivity contribution is 6.31. The van der Waals surface area contributed by atoms with Crippen molar-refractivity contribution in [1.82, 2.24) is 0 Å². The molecule has 0 radical (unpaired) electrons. The van der Waals surface area contributed by atoms with Crippen molar-refractivity contribution < 1.29 is 9.69 Å². The van der Waals surface area contributed by atoms with Crippen molar-refractivity contribution >= 4 is 17.4 Å². The molecule has 1 aromatic carbocycles. The lowest BCUT2D eigenvalue weighted by molar-refractivity contribution is -0.872. The Balaban J connectivity index is 1.94. The van der Waals surface area contributed by atoms with Crippen molar-refractivity contribution in [2.24, 2.45) is 11.3 Å². The van der Waals surface area contributed by atoms with Gasteiger partial charge in [0, 0.05) is 10.9 Å². The molecule has 0 amide bonds. The van der Waals surface area contributed by atoms with Gasteiger partial charge in [0.1, 0.15) is 6.04 Å². The lowest BCUT2D eigenvalue weighted by Gasteiger charge is -2.24. The number of benzene rings is 1. The van der Waals surface area contributed by atoms with E-state index in [1.807, 2.05) is 42.6 Å². The third kappa shape index (κ3) is 2.26. The van der Waals surface area contributed by atoms with Crippen LogP contribution in [0.4, 0.5) is 0 Å². The SMILES string of the molecule is N#CC1(C#N)[C@@H](c2ccccc2Cl)[C@H](C(=O)C2CC2)[NH+]2C=CC=C[C@@H]21. The maximum atomic E-state index is 13.1. The molecule has 4 rings (SSSR count). The van der Waals surface area contributed by atoms with Crippen LogP contribution in [0.3, 0.4) is 0 Å². The molecule has 1 saturated carbocycles. The van der Waals surface area contributed by atoms with Gasteiger partial charge in [-0.1, -0.05) is 35.9 Å². The van der Waals surface area contributed by atoms with Crippen LogP contribution in [0.25, 0.3) is 0 Å². The molecule has 2 heterocycles. The molecular formula is C20H17ClN3O+. The quantitative estimate of drug-likeness (QED) is 0.908. The first-order chi connectivity index (χ1) is 12.1. The van der Waals surface area contributed by atoms with E-state index in [0.29, 0.717) is 5.02 Å². The number of carbonyl (C=O) groups is 1. The first kappa shape index (κ1) is 16.1. The number of nitriles is 2. The maximum absolute atomic E-state index is 13.1. The van der Waals surface area contributed by atoms with Crippen LogP contribution < -0.4 is 4.90 Å². The van der Waals surface area contributed by atoms with E-state index in [4.69, 9.17) is 11.6 Å². The van der Waals surface area contributed by atoms with Crippen LogP contribution in [0.15, 0.2) is 48.7 Å². The Labute approximate surface area is 151 Å². The highest BCUT2D eigenvalue weighted by Gasteiger charge is 2.67. The van der Waals surface area contributed by atoms with Gasteiger partial charge in [0.2, 0.25) is 5.41 Å². The number of hydrogen-bond donors (Lipinski definition) is 1. The van der Waals surface area contributed by atoms with Gasteiger partial charge >= 0.3 is 0 Å². The van der Waals surface area contributed by atoms with E-state index < -0.39 is 17.4 Å². The second kappa shape index (κ2) is 5.85. The number of quaternary nitrogens is 1. The van der Waals surface area contributed by atoms with E-state index in [1.165, 1.54) is 0 Å². The average Bonchev–Trinajstić information content (AvgIpc) is 3.44. The van der Waals surface area contributed by atoms with Crippen molar-refractivity contribution in [3.8, 4) is 12.1 Å². The zero-order valence-corrected chi connectivity index (χ0v) is 14.3. The summed E-state index contributed by atoms with van der Waals surface area (Å²) in [6, 6.07) is 11.0. The molecule has 2 fully saturated rings. The van der Waals surface area contributed by atoms with Crippen molar-refractivity contribution in [2.45, 2.75) is 30.8 Å². The molecule has 3 aliphatic rings. The third-order valence-corrected chi connectivity index (χ3v) is 5.98. The second-order valence-corrected chi connectivity index (χ2v) is 7.38. The number of Topliss-reactive ketones (excluding diaryl/α,β-unsaturated/α-hetero) is 1. The molecule has 1 N–H and O–H groups in total. The zero-order valence-electron chi connectivity index (χ0n) is 13.5. The predicted octanol–water partition coefficient (Wildman–Crippen LogP) is 2.16. The van der Waals surface area contributed by atoms with Crippen LogP contribution >= 0.6 is 11.6 Å². The van der Waals surface area contributed by atoms with Crippen LogP contribution in [0.5, 0.6) is 0 Å². The molecule has 0 bridgehead atoms. The Morgan fingerprint density at radius 3 is 2.56 bits per heavy atom. The Kier molecular flexibility index (Phi) is 3.76. The normalized spacial score (nSPS) is 31.8. The summed E-state index contributed by atoms with van der Waals surface area (Å²) in [7, 11) is 0. The lowest BCUT2D eigenvalue weighted by Crippen LogP contribution is -3.14. The van der Waals surface area contributed by atoms with Gasteiger partial charge in [0.05, 0.1) is 24.3 Å². The molecule has 5 heteroatoms. The fourth-order valence-corrected chi connectivity index (χ4v) is 4.58. The highest BCUT2D eigenvalue weighted by atomic mass is 35.5. The van der Waals surface area contributed by atoms with E-state index in [1.54, 1.807) is 6.07 Å². The summed E-state index contributed by atoms with van der Waals surface area (Å²) >= 11 is 6.43. The second-order valence-electron chi connectivity index (χ2n) is 6.97. The molecule has 0 spiro atoms. The average molecular weight is 351 g/mol. The molecule has 1 aromatic rings. The van der Waals surface area contributed by atoms with E-state index in [2.05, 4.69) is 12.1 Å². The Morgan fingerprint density at radius 1 is 1.20 bits per heavy atom. The van der Waals surface area contributed by atoms with Crippen molar-refractivity contribution in [1.29, 1.82) is 10.5 Å². The first-order valence-electron chi connectivity index (χ1n) is 8.46. The summed E-state index contributed by atoms with van der Waals surface area (Å²) < 4.78 is 0. The van der Waals surface area contributed by atoms with Gasteiger partial charge in [0.15, 0.2) is 11.8 Å². The van der Waals surface area contributed by atoms with Gasteiger partial charge in [-0.2, -0.15) is 10.5 Å². The van der Waals surface area contributed by atoms with Crippen LogP contribution in [-0.2, 0) is 4.79 Å². The summed E-state index contributed by atoms with van der Waals surface area (Å²) in [6.45, 7) is 0. The van der Waals surface area contributed by atoms with Gasteiger partial charge in [-0.25, -0.2) is 0 Å². The molecule has 4 atom stereocenters. The van der Waals surface area contributed by atoms with Crippen LogP contribution in [0.2, 0.25) is 5.02 Å². The fraction of sp³-hybridized carbons (Fsp3) is 0.350. The fourth-order valence-electron chi connectivity index (χ4n) is 4.32. The van der Waals surface area contributed by atoms with Crippen LogP contribution in [0, 0.1) is 34.0 Å². The Hall–Kier alpha value is -2.40. The zero-order chi connectivity index (χ0) is 17.6. The van der Waals surface area contributed by atoms with E-state index in [9.17, 15) is 15.3 Å². The van der Waals surface area contributed by atoms with Gasteiger partial charge in [-0.15, -0.1) is 0 Å². The Morgan fingerprint density at radius 2 is 1.92 bits per heavy atom. The van der Waals surface area contributed by atoms with Gasteiger partial charge in [0.25, 0.3) is 0 Å². The van der Waals surface area contributed by atoms with Crippen molar-refractivity contribution in [3.05, 3.63) is 59.3 Å². The summed E-state index contributed by atoms with van der Waals surface area (Å²) in [5.74, 6) is -0.343. The number of carbonyl (C=O) groups excluding carboxylic acids is 1. The van der Waals surface area contributed by atoms with Gasteiger partial charge in [-0.3, -0.25) is 9.69 Å². The minimum absolute atomic E-state index is 0.0515. The maximum Gasteiger partial charge on any atom is 0.211 e. The number of allylic oxidation sites excluding steroid dienone is 2. The molecule has 1 unspecified atom stereocenters. The smallest absolute Gasteiger partial charge is 0.211 e. The molecule has 2 aliphatic heterocycles. The molecule has 124 valence electrons. The summed E-state index contributed by atoms with van der Waals surface area (Å²) in [6.07, 6.45) is 9.32. The number of rotatable bonds is 3. The predicted molar refractivity (Wildman–Crippen MR) is 92.4 cm³/mol. The first-order valence-corrected chi connectivity index (χ1v) is 8.84. The summed E-state index contributed by atoms with van der Waals surface area (Å²) in [4.78, 5) is 14.0. The Bertz CT molecular complexity index is 858. The van der Waals surface area contributed by atoms with Crippen LogP contribution in [-0.4, -0.2) is 17.9 Å². The summed E-state index contributed by atoms with van der Waals surface area (Å²) in [5, 5.41) is 20.6.